The van der Waals surface area contributed by atoms with Gasteiger partial charge in [-0.05, 0) is 45.0 Å². The SMILES string of the molecule is CC[N+]12Cc3cc(C)ccc3N(Cc3cc(C)ccc31)C2. The molecule has 2 bridgehead atoms. The summed E-state index contributed by atoms with van der Waals surface area (Å²) in [5, 5.41) is 0. The van der Waals surface area contributed by atoms with Gasteiger partial charge in [0.25, 0.3) is 0 Å². The summed E-state index contributed by atoms with van der Waals surface area (Å²) in [6, 6.07) is 14.0. The van der Waals surface area contributed by atoms with Crippen LogP contribution in [0.3, 0.4) is 0 Å². The summed E-state index contributed by atoms with van der Waals surface area (Å²) in [4.78, 5) is 2.57. The van der Waals surface area contributed by atoms with Crippen molar-refractivity contribution in [2.75, 3.05) is 18.1 Å². The third kappa shape index (κ3) is 1.82. The topological polar surface area (TPSA) is 3.24 Å². The molecule has 0 radical (unpaired) electrons. The Morgan fingerprint density at radius 3 is 2.48 bits per heavy atom. The minimum Gasteiger partial charge on any atom is -0.320 e. The van der Waals surface area contributed by atoms with Crippen LogP contribution in [0.1, 0.15) is 29.2 Å². The maximum Gasteiger partial charge on any atom is 0.159 e. The molecule has 4 rings (SSSR count). The molecule has 2 aliphatic rings. The highest BCUT2D eigenvalue weighted by atomic mass is 15.5. The first kappa shape index (κ1) is 12.9. The van der Waals surface area contributed by atoms with Crippen LogP contribution in [-0.4, -0.2) is 13.2 Å². The fourth-order valence-corrected chi connectivity index (χ4v) is 4.12. The Morgan fingerprint density at radius 2 is 1.71 bits per heavy atom. The summed E-state index contributed by atoms with van der Waals surface area (Å²) in [5.74, 6) is 0. The highest BCUT2D eigenvalue weighted by Gasteiger charge is 2.42. The molecule has 1 unspecified atom stereocenters. The van der Waals surface area contributed by atoms with E-state index in [0.29, 0.717) is 0 Å². The van der Waals surface area contributed by atoms with Gasteiger partial charge in [0, 0.05) is 11.1 Å². The summed E-state index contributed by atoms with van der Waals surface area (Å²) in [5.41, 5.74) is 8.73. The molecule has 2 heteroatoms. The molecule has 2 aliphatic heterocycles. The van der Waals surface area contributed by atoms with E-state index in [9.17, 15) is 0 Å². The van der Waals surface area contributed by atoms with Crippen LogP contribution in [0.5, 0.6) is 0 Å². The maximum atomic E-state index is 2.57. The van der Waals surface area contributed by atoms with E-state index in [0.717, 1.165) is 30.8 Å². The molecule has 0 saturated heterocycles. The summed E-state index contributed by atoms with van der Waals surface area (Å²) < 4.78 is 1.08. The van der Waals surface area contributed by atoms with Gasteiger partial charge in [0.1, 0.15) is 12.2 Å². The van der Waals surface area contributed by atoms with Crippen molar-refractivity contribution in [1.29, 1.82) is 0 Å². The first-order chi connectivity index (χ1) is 10.1. The van der Waals surface area contributed by atoms with Crippen LogP contribution in [0.4, 0.5) is 11.4 Å². The lowest BCUT2D eigenvalue weighted by Crippen LogP contribution is -2.60. The summed E-state index contributed by atoms with van der Waals surface area (Å²) >= 11 is 0. The molecular formula is C19H23N2+. The molecular weight excluding hydrogens is 256 g/mol. The molecule has 1 atom stereocenters. The van der Waals surface area contributed by atoms with Gasteiger partial charge in [0.15, 0.2) is 6.67 Å². The predicted octanol–water partition coefficient (Wildman–Crippen LogP) is 4.12. The van der Waals surface area contributed by atoms with Gasteiger partial charge in [-0.15, -0.1) is 0 Å². The van der Waals surface area contributed by atoms with Gasteiger partial charge in [-0.25, -0.2) is 0 Å². The van der Waals surface area contributed by atoms with Gasteiger partial charge in [-0.1, -0.05) is 23.3 Å². The minimum atomic E-state index is 1.05. The molecule has 0 aliphatic carbocycles. The monoisotopic (exact) mass is 279 g/mol. The summed E-state index contributed by atoms with van der Waals surface area (Å²) in [7, 11) is 0. The molecule has 0 aromatic heterocycles. The van der Waals surface area contributed by atoms with Crippen molar-refractivity contribution in [2.45, 2.75) is 33.9 Å². The number of rotatable bonds is 1. The molecule has 0 spiro atoms. The molecule has 0 fully saturated rings. The third-order valence-corrected chi connectivity index (χ3v) is 5.20. The Hall–Kier alpha value is -1.80. The summed E-state index contributed by atoms with van der Waals surface area (Å²) in [6.45, 7) is 11.2. The fourth-order valence-electron chi connectivity index (χ4n) is 4.12. The lowest BCUT2D eigenvalue weighted by Gasteiger charge is -2.50. The Labute approximate surface area is 127 Å². The molecule has 21 heavy (non-hydrogen) atoms. The van der Waals surface area contributed by atoms with Crippen molar-refractivity contribution >= 4 is 11.4 Å². The van der Waals surface area contributed by atoms with E-state index in [1.807, 2.05) is 0 Å². The molecule has 2 aromatic rings. The predicted molar refractivity (Wildman–Crippen MR) is 89.4 cm³/mol. The number of fused-ring (bicyclic) bond motifs is 6. The van der Waals surface area contributed by atoms with Crippen LogP contribution in [-0.2, 0) is 13.1 Å². The second-order valence-electron chi connectivity index (χ2n) is 6.72. The Balaban J connectivity index is 1.91. The zero-order valence-corrected chi connectivity index (χ0v) is 13.2. The van der Waals surface area contributed by atoms with Crippen LogP contribution in [0.25, 0.3) is 0 Å². The van der Waals surface area contributed by atoms with Crippen LogP contribution >= 0.6 is 0 Å². The number of benzene rings is 2. The smallest absolute Gasteiger partial charge is 0.159 e. The first-order valence-electron chi connectivity index (χ1n) is 7.92. The van der Waals surface area contributed by atoms with E-state index in [-0.39, 0.29) is 0 Å². The largest absolute Gasteiger partial charge is 0.320 e. The van der Waals surface area contributed by atoms with Crippen LogP contribution in [0, 0.1) is 13.8 Å². The van der Waals surface area contributed by atoms with Crippen LogP contribution < -0.4 is 9.38 Å². The summed E-state index contributed by atoms with van der Waals surface area (Å²) in [6.07, 6.45) is 0. The Kier molecular flexibility index (Phi) is 2.67. The normalized spacial score (nSPS) is 22.7. The number of aryl methyl sites for hydroxylation is 2. The van der Waals surface area contributed by atoms with Crippen LogP contribution in [0.2, 0.25) is 0 Å². The van der Waals surface area contributed by atoms with Gasteiger partial charge in [-0.3, -0.25) is 4.48 Å². The van der Waals surface area contributed by atoms with Crippen LogP contribution in [0.15, 0.2) is 36.4 Å². The lowest BCUT2D eigenvalue weighted by atomic mass is 9.96. The number of hydrogen-bond acceptors (Lipinski definition) is 1. The van der Waals surface area contributed by atoms with E-state index in [1.54, 1.807) is 0 Å². The van der Waals surface area contributed by atoms with E-state index in [2.05, 4.69) is 62.1 Å². The zero-order valence-electron chi connectivity index (χ0n) is 13.2. The second kappa shape index (κ2) is 4.35. The second-order valence-corrected chi connectivity index (χ2v) is 6.72. The van der Waals surface area contributed by atoms with Crippen molar-refractivity contribution in [3.63, 3.8) is 0 Å². The van der Waals surface area contributed by atoms with Crippen molar-refractivity contribution in [3.05, 3.63) is 58.7 Å². The number of hydrogen-bond donors (Lipinski definition) is 0. The van der Waals surface area contributed by atoms with E-state index in [1.165, 1.54) is 33.6 Å². The van der Waals surface area contributed by atoms with Gasteiger partial charge in [0.05, 0.1) is 18.8 Å². The minimum absolute atomic E-state index is 1.05. The van der Waals surface area contributed by atoms with Crippen molar-refractivity contribution in [1.82, 2.24) is 4.48 Å². The molecule has 2 nitrogen and oxygen atoms in total. The van der Waals surface area contributed by atoms with Gasteiger partial charge in [0.2, 0.25) is 0 Å². The van der Waals surface area contributed by atoms with Gasteiger partial charge >= 0.3 is 0 Å². The fraction of sp³-hybridized carbons (Fsp3) is 0.368. The van der Waals surface area contributed by atoms with E-state index < -0.39 is 0 Å². The number of anilines is 1. The molecule has 0 N–H and O–H groups in total. The number of nitrogens with zero attached hydrogens (tertiary/aromatic N) is 2. The standard InChI is InChI=1S/C19H23N2/c1-4-21-12-17-10-14(2)5-7-18(17)20(13-21)11-16-9-15(3)6-8-19(16)21/h5-10H,4,11-13H2,1-3H3/q+1. The quantitative estimate of drug-likeness (QED) is 0.710. The van der Waals surface area contributed by atoms with Gasteiger partial charge in [-0.2, -0.15) is 0 Å². The lowest BCUT2D eigenvalue weighted by molar-refractivity contribution is 0.248. The number of quaternary nitrogens is 1. The average Bonchev–Trinajstić information content (AvgIpc) is 2.46. The highest BCUT2D eigenvalue weighted by molar-refractivity contribution is 5.66. The first-order valence-corrected chi connectivity index (χ1v) is 7.92. The van der Waals surface area contributed by atoms with E-state index >= 15 is 0 Å². The molecule has 108 valence electrons. The Morgan fingerprint density at radius 1 is 1.00 bits per heavy atom. The molecule has 2 aromatic carbocycles. The molecule has 2 heterocycles. The maximum absolute atomic E-state index is 2.57. The van der Waals surface area contributed by atoms with Crippen molar-refractivity contribution in [2.24, 2.45) is 0 Å². The van der Waals surface area contributed by atoms with Gasteiger partial charge < -0.3 is 4.90 Å². The average molecular weight is 279 g/mol. The van der Waals surface area contributed by atoms with Crippen molar-refractivity contribution in [3.8, 4) is 0 Å². The highest BCUT2D eigenvalue weighted by Crippen LogP contribution is 2.43. The third-order valence-electron chi connectivity index (χ3n) is 5.20. The Bertz CT molecular complexity index is 720. The zero-order chi connectivity index (χ0) is 14.6. The van der Waals surface area contributed by atoms with E-state index in [4.69, 9.17) is 0 Å². The molecule has 0 amide bonds. The molecule has 0 saturated carbocycles. The van der Waals surface area contributed by atoms with Crippen molar-refractivity contribution < 1.29 is 0 Å².